The number of aromatic amines is 1. The van der Waals surface area contributed by atoms with Crippen molar-refractivity contribution in [3.63, 3.8) is 0 Å². The third-order valence-corrected chi connectivity index (χ3v) is 4.75. The number of hydrogen-bond acceptors (Lipinski definition) is 6. The zero-order valence-corrected chi connectivity index (χ0v) is 15.7. The van der Waals surface area contributed by atoms with Gasteiger partial charge in [0.15, 0.2) is 12.1 Å². The minimum Gasteiger partial charge on any atom is -0.453 e. The van der Waals surface area contributed by atoms with Gasteiger partial charge in [-0.1, -0.05) is 48.5 Å². The number of esters is 1. The monoisotopic (exact) mass is 389 g/mol. The lowest BCUT2D eigenvalue weighted by atomic mass is 10.0. The highest BCUT2D eigenvalue weighted by Gasteiger charge is 2.29. The molecule has 2 heterocycles. The van der Waals surface area contributed by atoms with Crippen LogP contribution in [-0.4, -0.2) is 43.0 Å². The number of carbonyl (C=O) groups is 2. The summed E-state index contributed by atoms with van der Waals surface area (Å²) in [6, 6.07) is 16.2. The van der Waals surface area contributed by atoms with E-state index in [1.807, 2.05) is 54.6 Å². The second-order valence-corrected chi connectivity index (χ2v) is 6.69. The molecular weight excluding hydrogens is 370 g/mol. The summed E-state index contributed by atoms with van der Waals surface area (Å²) in [7, 11) is 0. The summed E-state index contributed by atoms with van der Waals surface area (Å²) in [6.07, 6.45) is 2.40. The topological polar surface area (TPSA) is 103 Å². The van der Waals surface area contributed by atoms with Gasteiger partial charge >= 0.3 is 5.97 Å². The Morgan fingerprint density at radius 3 is 2.62 bits per heavy atom. The van der Waals surface area contributed by atoms with Crippen molar-refractivity contribution in [3.05, 3.63) is 78.2 Å². The Bertz CT molecular complexity index is 1120. The van der Waals surface area contributed by atoms with Gasteiger partial charge in [-0.05, 0) is 29.0 Å². The zero-order valence-electron chi connectivity index (χ0n) is 15.7. The largest absolute Gasteiger partial charge is 0.453 e. The summed E-state index contributed by atoms with van der Waals surface area (Å²) in [4.78, 5) is 28.8. The van der Waals surface area contributed by atoms with Gasteiger partial charge in [0.1, 0.15) is 6.33 Å². The normalized spacial score (nSPS) is 13.1. The summed E-state index contributed by atoms with van der Waals surface area (Å²) >= 11 is 0. The van der Waals surface area contributed by atoms with Crippen LogP contribution in [0.5, 0.6) is 0 Å². The first-order valence-corrected chi connectivity index (χ1v) is 9.20. The Balaban J connectivity index is 1.53. The van der Waals surface area contributed by atoms with Gasteiger partial charge in [0.05, 0.1) is 0 Å². The summed E-state index contributed by atoms with van der Waals surface area (Å²) < 4.78 is 6.87. The number of benzene rings is 2. The van der Waals surface area contributed by atoms with E-state index in [-0.39, 0.29) is 5.78 Å². The minimum atomic E-state index is -0.948. The predicted octanol–water partition coefficient (Wildman–Crippen LogP) is 2.75. The van der Waals surface area contributed by atoms with E-state index < -0.39 is 18.1 Å². The molecular formula is C21H19N5O3. The molecule has 0 fully saturated rings. The first kappa shape index (κ1) is 18.5. The van der Waals surface area contributed by atoms with Crippen LogP contribution in [-0.2, 0) is 16.0 Å². The molecule has 4 aromatic rings. The first-order chi connectivity index (χ1) is 14.1. The van der Waals surface area contributed by atoms with Gasteiger partial charge in [-0.2, -0.15) is 0 Å². The van der Waals surface area contributed by atoms with Gasteiger partial charge < -0.3 is 9.72 Å². The van der Waals surface area contributed by atoms with E-state index in [0.29, 0.717) is 12.0 Å². The van der Waals surface area contributed by atoms with E-state index in [9.17, 15) is 9.59 Å². The number of Topliss-reactive ketones (excluding diaryl/α,β-unsaturated/α-hetero) is 1. The molecule has 4 rings (SSSR count). The molecule has 0 amide bonds. The highest BCUT2D eigenvalue weighted by atomic mass is 16.5. The van der Waals surface area contributed by atoms with Crippen LogP contribution in [0.2, 0.25) is 0 Å². The van der Waals surface area contributed by atoms with E-state index >= 15 is 0 Å². The van der Waals surface area contributed by atoms with Gasteiger partial charge in [-0.3, -0.25) is 4.79 Å². The molecule has 0 aliphatic rings. The van der Waals surface area contributed by atoms with E-state index in [1.54, 1.807) is 13.1 Å². The lowest BCUT2D eigenvalue weighted by Crippen LogP contribution is -2.31. The van der Waals surface area contributed by atoms with Crippen LogP contribution in [0.4, 0.5) is 0 Å². The smallest absolute Gasteiger partial charge is 0.332 e. The Morgan fingerprint density at radius 1 is 1.10 bits per heavy atom. The van der Waals surface area contributed by atoms with Crippen LogP contribution < -0.4 is 0 Å². The van der Waals surface area contributed by atoms with Crippen LogP contribution in [0.25, 0.3) is 10.9 Å². The lowest BCUT2D eigenvalue weighted by Gasteiger charge is -2.18. The quantitative estimate of drug-likeness (QED) is 0.385. The molecule has 8 heteroatoms. The Hall–Kier alpha value is -3.81. The highest BCUT2D eigenvalue weighted by Crippen LogP contribution is 2.21. The molecule has 0 aliphatic heterocycles. The Morgan fingerprint density at radius 2 is 1.86 bits per heavy atom. The molecule has 8 nitrogen and oxygen atoms in total. The Labute approximate surface area is 166 Å². The second kappa shape index (κ2) is 8.05. The average molecular weight is 389 g/mol. The lowest BCUT2D eigenvalue weighted by molar-refractivity contribution is -0.150. The number of tetrazole rings is 1. The number of nitrogens with one attached hydrogen (secondary N) is 1. The SMILES string of the molecule is C[C@H](OC(=O)[C@@H](Cc1ccccc1)n1cnnn1)C(=O)c1c[nH]c2ccccc12. The van der Waals surface area contributed by atoms with E-state index in [1.165, 1.54) is 11.0 Å². The third kappa shape index (κ3) is 3.91. The van der Waals surface area contributed by atoms with E-state index in [2.05, 4.69) is 20.5 Å². The minimum absolute atomic E-state index is 0.272. The van der Waals surface area contributed by atoms with Gasteiger partial charge in [-0.25, -0.2) is 9.48 Å². The maximum atomic E-state index is 12.9. The molecule has 0 saturated heterocycles. The number of ether oxygens (including phenoxy) is 1. The standard InChI is InChI=1S/C21H19N5O3/c1-14(20(27)17-12-22-18-10-6-5-9-16(17)18)29-21(28)19(26-13-23-24-25-26)11-15-7-3-2-4-8-15/h2-10,12-14,19,22H,11H2,1H3/t14-,19+/m0/s1. The number of carbonyl (C=O) groups excluding carboxylic acids is 2. The molecule has 2 aromatic heterocycles. The molecule has 0 radical (unpaired) electrons. The maximum Gasteiger partial charge on any atom is 0.332 e. The van der Waals surface area contributed by atoms with Crippen molar-refractivity contribution in [1.82, 2.24) is 25.2 Å². The van der Waals surface area contributed by atoms with Gasteiger partial charge in [0.25, 0.3) is 0 Å². The van der Waals surface area contributed by atoms with Gasteiger partial charge in [0, 0.05) is 29.1 Å². The van der Waals surface area contributed by atoms with E-state index in [4.69, 9.17) is 4.74 Å². The van der Waals surface area contributed by atoms with Crippen molar-refractivity contribution in [1.29, 1.82) is 0 Å². The van der Waals surface area contributed by atoms with Crippen LogP contribution in [0, 0.1) is 0 Å². The molecule has 0 saturated carbocycles. The number of aromatic nitrogens is 5. The molecule has 29 heavy (non-hydrogen) atoms. The van der Waals surface area contributed by atoms with Crippen LogP contribution in [0.15, 0.2) is 67.1 Å². The third-order valence-electron chi connectivity index (χ3n) is 4.75. The average Bonchev–Trinajstić information content (AvgIpc) is 3.42. The van der Waals surface area contributed by atoms with Crippen molar-refractivity contribution >= 4 is 22.7 Å². The van der Waals surface area contributed by atoms with Crippen LogP contribution in [0.3, 0.4) is 0 Å². The summed E-state index contributed by atoms with van der Waals surface area (Å²) in [5, 5.41) is 11.9. The molecule has 2 aromatic carbocycles. The van der Waals surface area contributed by atoms with Crippen molar-refractivity contribution in [2.45, 2.75) is 25.5 Å². The fourth-order valence-electron chi connectivity index (χ4n) is 3.23. The number of nitrogens with zero attached hydrogens (tertiary/aromatic N) is 4. The molecule has 0 bridgehead atoms. The molecule has 146 valence electrons. The Kier molecular flexibility index (Phi) is 5.15. The molecule has 2 atom stereocenters. The van der Waals surface area contributed by atoms with Crippen LogP contribution >= 0.6 is 0 Å². The first-order valence-electron chi connectivity index (χ1n) is 9.20. The maximum absolute atomic E-state index is 12.9. The second-order valence-electron chi connectivity index (χ2n) is 6.69. The summed E-state index contributed by atoms with van der Waals surface area (Å²) in [5.41, 5.74) is 2.27. The van der Waals surface area contributed by atoms with Crippen molar-refractivity contribution in [2.75, 3.05) is 0 Å². The number of hydrogen-bond donors (Lipinski definition) is 1. The summed E-state index contributed by atoms with van der Waals surface area (Å²) in [6.45, 7) is 1.57. The predicted molar refractivity (Wildman–Crippen MR) is 105 cm³/mol. The van der Waals surface area contributed by atoms with E-state index in [0.717, 1.165) is 16.5 Å². The molecule has 0 unspecified atom stereocenters. The number of para-hydroxylation sites is 1. The fraction of sp³-hybridized carbons (Fsp3) is 0.190. The zero-order chi connectivity index (χ0) is 20.2. The van der Waals surface area contributed by atoms with Crippen molar-refractivity contribution < 1.29 is 14.3 Å². The molecule has 1 N–H and O–H groups in total. The van der Waals surface area contributed by atoms with Crippen molar-refractivity contribution in [3.8, 4) is 0 Å². The number of rotatable bonds is 7. The highest BCUT2D eigenvalue weighted by molar-refractivity contribution is 6.10. The fourth-order valence-corrected chi connectivity index (χ4v) is 3.23. The number of H-pyrrole nitrogens is 1. The van der Waals surface area contributed by atoms with Gasteiger partial charge in [0.2, 0.25) is 5.78 Å². The number of fused-ring (bicyclic) bond motifs is 1. The molecule has 0 spiro atoms. The number of ketones is 1. The summed E-state index contributed by atoms with van der Waals surface area (Å²) in [5.74, 6) is -0.840. The van der Waals surface area contributed by atoms with Crippen molar-refractivity contribution in [2.24, 2.45) is 0 Å². The van der Waals surface area contributed by atoms with Crippen LogP contribution in [0.1, 0.15) is 28.9 Å². The van der Waals surface area contributed by atoms with Gasteiger partial charge in [-0.15, -0.1) is 5.10 Å². The molecule has 0 aliphatic carbocycles.